The first-order valence-electron chi connectivity index (χ1n) is 6.37. The van der Waals surface area contributed by atoms with Crippen LogP contribution in [0.2, 0.25) is 0 Å². The molecule has 4 rings (SSSR count). The van der Waals surface area contributed by atoms with Crippen molar-refractivity contribution in [1.82, 2.24) is 10.2 Å². The van der Waals surface area contributed by atoms with E-state index >= 15 is 0 Å². The fourth-order valence-corrected chi connectivity index (χ4v) is 2.43. The predicted octanol–water partition coefficient (Wildman–Crippen LogP) is 3.98. The number of nitrogens with zero attached hydrogens (tertiary/aromatic N) is 1. The molecule has 0 aliphatic heterocycles. The highest BCUT2D eigenvalue weighted by molar-refractivity contribution is 6.06. The largest absolute Gasteiger partial charge is 0.497 e. The molecule has 0 aliphatic rings. The van der Waals surface area contributed by atoms with Gasteiger partial charge < -0.3 is 9.15 Å². The molecule has 0 aliphatic carbocycles. The topological polar surface area (TPSA) is 51.0 Å². The van der Waals surface area contributed by atoms with E-state index in [1.54, 1.807) is 7.11 Å². The minimum atomic E-state index is 0.788. The van der Waals surface area contributed by atoms with E-state index in [1.807, 2.05) is 48.5 Å². The summed E-state index contributed by atoms with van der Waals surface area (Å²) in [6.45, 7) is 0. The lowest BCUT2D eigenvalue weighted by atomic mass is 10.1. The van der Waals surface area contributed by atoms with Crippen molar-refractivity contribution in [3.63, 3.8) is 0 Å². The lowest BCUT2D eigenvalue weighted by molar-refractivity contribution is 0.415. The Morgan fingerprint density at radius 3 is 2.65 bits per heavy atom. The highest BCUT2D eigenvalue weighted by atomic mass is 16.5. The molecule has 1 N–H and O–H groups in total. The van der Waals surface area contributed by atoms with Gasteiger partial charge in [-0.2, -0.15) is 5.10 Å². The van der Waals surface area contributed by atoms with E-state index in [-0.39, 0.29) is 0 Å². The number of furan rings is 1. The van der Waals surface area contributed by atoms with Crippen LogP contribution in [0.3, 0.4) is 0 Å². The van der Waals surface area contributed by atoms with E-state index in [2.05, 4.69) is 10.2 Å². The van der Waals surface area contributed by atoms with E-state index in [9.17, 15) is 0 Å². The second kappa shape index (κ2) is 4.13. The van der Waals surface area contributed by atoms with Gasteiger partial charge in [-0.25, -0.2) is 0 Å². The number of rotatable bonds is 2. The first-order chi connectivity index (χ1) is 9.86. The van der Waals surface area contributed by atoms with Crippen LogP contribution in [0.1, 0.15) is 0 Å². The second-order valence-corrected chi connectivity index (χ2v) is 4.60. The molecule has 2 aromatic carbocycles. The van der Waals surface area contributed by atoms with Crippen LogP contribution in [0.5, 0.6) is 5.75 Å². The Balaban J connectivity index is 1.94. The molecule has 4 heteroatoms. The number of nitrogens with one attached hydrogen (secondary N) is 1. The maximum absolute atomic E-state index is 5.91. The van der Waals surface area contributed by atoms with Crippen molar-refractivity contribution in [3.05, 3.63) is 48.5 Å². The van der Waals surface area contributed by atoms with Crippen LogP contribution < -0.4 is 4.74 Å². The maximum Gasteiger partial charge on any atom is 0.181 e. The number of para-hydroxylation sites is 1. The number of aromatic amines is 1. The molecule has 0 spiro atoms. The van der Waals surface area contributed by atoms with Gasteiger partial charge in [0, 0.05) is 10.9 Å². The zero-order valence-corrected chi connectivity index (χ0v) is 10.9. The molecule has 0 unspecified atom stereocenters. The average molecular weight is 264 g/mol. The predicted molar refractivity (Wildman–Crippen MR) is 77.9 cm³/mol. The summed E-state index contributed by atoms with van der Waals surface area (Å²) in [5, 5.41) is 8.49. The van der Waals surface area contributed by atoms with Gasteiger partial charge >= 0.3 is 0 Å². The highest BCUT2D eigenvalue weighted by Gasteiger charge is 2.15. The van der Waals surface area contributed by atoms with E-state index < -0.39 is 0 Å². The number of H-pyrrole nitrogens is 1. The summed E-state index contributed by atoms with van der Waals surface area (Å²) < 4.78 is 11.1. The van der Waals surface area contributed by atoms with Gasteiger partial charge in [0.05, 0.1) is 7.11 Å². The third kappa shape index (κ3) is 1.51. The Bertz CT molecular complexity index is 888. The van der Waals surface area contributed by atoms with Gasteiger partial charge in [-0.1, -0.05) is 12.1 Å². The normalized spacial score (nSPS) is 11.2. The zero-order valence-electron chi connectivity index (χ0n) is 10.9. The molecule has 0 fully saturated rings. The van der Waals surface area contributed by atoms with Gasteiger partial charge in [0.25, 0.3) is 0 Å². The van der Waals surface area contributed by atoms with Gasteiger partial charge in [-0.05, 0) is 36.4 Å². The molecule has 0 radical (unpaired) electrons. The van der Waals surface area contributed by atoms with Gasteiger partial charge in [-0.3, -0.25) is 5.10 Å². The first-order valence-corrected chi connectivity index (χ1v) is 6.37. The van der Waals surface area contributed by atoms with Crippen LogP contribution in [-0.4, -0.2) is 17.3 Å². The third-order valence-electron chi connectivity index (χ3n) is 3.45. The molecule has 4 nitrogen and oxygen atoms in total. The van der Waals surface area contributed by atoms with Crippen LogP contribution in [0.4, 0.5) is 0 Å². The molecule has 20 heavy (non-hydrogen) atoms. The van der Waals surface area contributed by atoms with Crippen LogP contribution in [-0.2, 0) is 0 Å². The summed E-state index contributed by atoms with van der Waals surface area (Å²) in [5.74, 6) is 0.824. The Morgan fingerprint density at radius 1 is 1.05 bits per heavy atom. The fourth-order valence-electron chi connectivity index (χ4n) is 2.43. The van der Waals surface area contributed by atoms with Gasteiger partial charge in [0.2, 0.25) is 0 Å². The Morgan fingerprint density at radius 2 is 1.85 bits per heavy atom. The molecule has 0 atom stereocenters. The first kappa shape index (κ1) is 11.1. The second-order valence-electron chi connectivity index (χ2n) is 4.60. The van der Waals surface area contributed by atoms with Crippen LogP contribution in [0, 0.1) is 0 Å². The third-order valence-corrected chi connectivity index (χ3v) is 3.45. The molecule has 0 amide bonds. The summed E-state index contributed by atoms with van der Waals surface area (Å²) in [4.78, 5) is 0. The van der Waals surface area contributed by atoms with Crippen molar-refractivity contribution < 1.29 is 9.15 Å². The monoisotopic (exact) mass is 264 g/mol. The summed E-state index contributed by atoms with van der Waals surface area (Å²) in [6, 6.07) is 15.7. The smallest absolute Gasteiger partial charge is 0.181 e. The number of ether oxygens (including phenoxy) is 1. The molecule has 0 saturated heterocycles. The Hall–Kier alpha value is -2.75. The SMILES string of the molecule is COc1ccc(-c2n[nH]c3c2oc2ccccc23)cc1. The average Bonchev–Trinajstić information content (AvgIpc) is 3.06. The standard InChI is InChI=1S/C16H12N2O2/c1-19-11-8-6-10(7-9-11)14-16-15(18-17-14)12-4-2-3-5-13(12)20-16/h2-9H,1H3,(H,17,18). The van der Waals surface area contributed by atoms with Crippen LogP contribution >= 0.6 is 0 Å². The van der Waals surface area contributed by atoms with Crippen molar-refractivity contribution >= 4 is 22.1 Å². The number of aromatic nitrogens is 2. The van der Waals surface area contributed by atoms with E-state index in [0.717, 1.165) is 39.1 Å². The Kier molecular flexibility index (Phi) is 2.29. The molecule has 98 valence electrons. The lowest BCUT2D eigenvalue weighted by Crippen LogP contribution is -1.83. The minimum Gasteiger partial charge on any atom is -0.497 e. The maximum atomic E-state index is 5.91. The lowest BCUT2D eigenvalue weighted by Gasteiger charge is -2.00. The van der Waals surface area contributed by atoms with Crippen LogP contribution in [0.25, 0.3) is 33.3 Å². The molecular formula is C16H12N2O2. The number of benzene rings is 2. The summed E-state index contributed by atoms with van der Waals surface area (Å²) in [6.07, 6.45) is 0. The molecular weight excluding hydrogens is 252 g/mol. The summed E-state index contributed by atoms with van der Waals surface area (Å²) in [7, 11) is 1.65. The molecule has 2 aromatic heterocycles. The summed E-state index contributed by atoms with van der Waals surface area (Å²) in [5.41, 5.74) is 4.41. The van der Waals surface area contributed by atoms with Crippen molar-refractivity contribution in [2.24, 2.45) is 0 Å². The van der Waals surface area contributed by atoms with Crippen molar-refractivity contribution in [2.75, 3.05) is 7.11 Å². The zero-order chi connectivity index (χ0) is 13.5. The van der Waals surface area contributed by atoms with Crippen LogP contribution in [0.15, 0.2) is 52.9 Å². The fraction of sp³-hybridized carbons (Fsp3) is 0.0625. The molecule has 4 aromatic rings. The van der Waals surface area contributed by atoms with Gasteiger partial charge in [-0.15, -0.1) is 0 Å². The number of hydrogen-bond acceptors (Lipinski definition) is 3. The van der Waals surface area contributed by atoms with Crippen molar-refractivity contribution in [2.45, 2.75) is 0 Å². The number of hydrogen-bond donors (Lipinski definition) is 1. The number of methoxy groups -OCH3 is 1. The quantitative estimate of drug-likeness (QED) is 0.595. The highest BCUT2D eigenvalue weighted by Crippen LogP contribution is 2.34. The number of fused-ring (bicyclic) bond motifs is 3. The molecule has 0 bridgehead atoms. The van der Waals surface area contributed by atoms with Crippen molar-refractivity contribution in [3.8, 4) is 17.0 Å². The van der Waals surface area contributed by atoms with E-state index in [0.29, 0.717) is 0 Å². The van der Waals surface area contributed by atoms with Crippen molar-refractivity contribution in [1.29, 1.82) is 0 Å². The van der Waals surface area contributed by atoms with Gasteiger partial charge in [0.15, 0.2) is 5.58 Å². The molecule has 0 saturated carbocycles. The molecule has 2 heterocycles. The Labute approximate surface area is 115 Å². The van der Waals surface area contributed by atoms with E-state index in [4.69, 9.17) is 9.15 Å². The van der Waals surface area contributed by atoms with Gasteiger partial charge in [0.1, 0.15) is 22.5 Å². The van der Waals surface area contributed by atoms with E-state index in [1.165, 1.54) is 0 Å². The summed E-state index contributed by atoms with van der Waals surface area (Å²) >= 11 is 0. The minimum absolute atomic E-state index is 0.788.